The molecule has 1 aromatic heterocycles. The van der Waals surface area contributed by atoms with Crippen LogP contribution in [0.2, 0.25) is 0 Å². The van der Waals surface area contributed by atoms with Crippen molar-refractivity contribution in [2.24, 2.45) is 0 Å². The molecule has 11 heteroatoms. The molecule has 1 aliphatic carbocycles. The lowest BCUT2D eigenvalue weighted by atomic mass is 10.1. The van der Waals surface area contributed by atoms with Gasteiger partial charge in [0.1, 0.15) is 0 Å². The Morgan fingerprint density at radius 3 is 2.61 bits per heavy atom. The summed E-state index contributed by atoms with van der Waals surface area (Å²) in [6.45, 7) is 0.244. The van der Waals surface area contributed by atoms with E-state index < -0.39 is 33.6 Å². The molecule has 1 fully saturated rings. The first kappa shape index (κ1) is 23.2. The van der Waals surface area contributed by atoms with Crippen LogP contribution in [0.1, 0.15) is 36.1 Å². The molecular weight excluding hydrogens is 459 g/mol. The van der Waals surface area contributed by atoms with Gasteiger partial charge in [0, 0.05) is 25.2 Å². The first-order chi connectivity index (χ1) is 15.6. The molecule has 33 heavy (non-hydrogen) atoms. The third kappa shape index (κ3) is 6.11. The van der Waals surface area contributed by atoms with Crippen molar-refractivity contribution in [2.45, 2.75) is 37.2 Å². The quantitative estimate of drug-likeness (QED) is 0.675. The predicted octanol–water partition coefficient (Wildman–Crippen LogP) is 3.97. The summed E-state index contributed by atoms with van der Waals surface area (Å²) in [4.78, 5) is 16.1. The number of benzene rings is 1. The zero-order chi connectivity index (χ0) is 23.6. The largest absolute Gasteiger partial charge is 0.416 e. The Kier molecular flexibility index (Phi) is 6.44. The summed E-state index contributed by atoms with van der Waals surface area (Å²) in [6, 6.07) is 9.49. The number of hydrogen-bond acceptors (Lipinski definition) is 5. The molecule has 1 amide bonds. The summed E-state index contributed by atoms with van der Waals surface area (Å²) in [5, 5.41) is 2.70. The molecule has 2 aromatic rings. The lowest BCUT2D eigenvalue weighted by Crippen LogP contribution is -2.35. The highest BCUT2D eigenvalue weighted by atomic mass is 32.2. The zero-order valence-corrected chi connectivity index (χ0v) is 18.3. The van der Waals surface area contributed by atoms with Crippen LogP contribution in [0.5, 0.6) is 5.88 Å². The van der Waals surface area contributed by atoms with Crippen molar-refractivity contribution in [1.29, 1.82) is 0 Å². The van der Waals surface area contributed by atoms with E-state index >= 15 is 0 Å². The van der Waals surface area contributed by atoms with E-state index in [2.05, 4.69) is 10.3 Å². The number of sulfonamides is 1. The van der Waals surface area contributed by atoms with Crippen LogP contribution in [0.4, 0.5) is 18.0 Å². The number of alkyl halides is 3. The molecule has 1 aromatic carbocycles. The number of pyridine rings is 1. The molecule has 4 rings (SSSR count). The molecule has 176 valence electrons. The average Bonchev–Trinajstić information content (AvgIpc) is 3.57. The van der Waals surface area contributed by atoms with Crippen LogP contribution >= 0.6 is 0 Å². The minimum absolute atomic E-state index is 0.0750. The summed E-state index contributed by atoms with van der Waals surface area (Å²) in [7, 11) is -3.81. The maximum atomic E-state index is 12.9. The van der Waals surface area contributed by atoms with Crippen molar-refractivity contribution in [1.82, 2.24) is 14.6 Å². The summed E-state index contributed by atoms with van der Waals surface area (Å²) >= 11 is 0. The molecule has 1 aliphatic heterocycles. The van der Waals surface area contributed by atoms with Gasteiger partial charge in [-0.2, -0.15) is 17.5 Å². The fraction of sp³-hybridized carbons (Fsp3) is 0.364. The summed E-state index contributed by atoms with van der Waals surface area (Å²) < 4.78 is 70.7. The SMILES string of the molecule is O=C(NC1CC1)Oc1cccc(C2=CCN(S(=O)(=O)Cc3cccc(C(F)(F)F)c3)CC2)n1. The first-order valence-electron chi connectivity index (χ1n) is 10.4. The fourth-order valence-electron chi connectivity index (χ4n) is 3.44. The highest BCUT2D eigenvalue weighted by molar-refractivity contribution is 7.88. The highest BCUT2D eigenvalue weighted by Gasteiger charge is 2.31. The second-order valence-corrected chi connectivity index (χ2v) is 9.93. The lowest BCUT2D eigenvalue weighted by molar-refractivity contribution is -0.137. The number of hydrogen-bond donors (Lipinski definition) is 1. The minimum atomic E-state index is -4.54. The van der Waals surface area contributed by atoms with Crippen LogP contribution in [-0.2, 0) is 22.0 Å². The van der Waals surface area contributed by atoms with E-state index in [1.165, 1.54) is 16.4 Å². The third-order valence-electron chi connectivity index (χ3n) is 5.32. The van der Waals surface area contributed by atoms with Gasteiger partial charge < -0.3 is 10.1 Å². The number of nitrogens with zero attached hydrogens (tertiary/aromatic N) is 2. The number of carbonyl (C=O) groups is 1. The Balaban J connectivity index is 1.41. The fourth-order valence-corrected chi connectivity index (χ4v) is 4.90. The van der Waals surface area contributed by atoms with Crippen molar-refractivity contribution in [3.05, 3.63) is 65.4 Å². The van der Waals surface area contributed by atoms with Crippen molar-refractivity contribution < 1.29 is 31.1 Å². The Morgan fingerprint density at radius 1 is 1.18 bits per heavy atom. The van der Waals surface area contributed by atoms with E-state index in [-0.39, 0.29) is 30.6 Å². The van der Waals surface area contributed by atoms with Crippen LogP contribution in [0.3, 0.4) is 0 Å². The molecule has 2 aliphatic rings. The predicted molar refractivity (Wildman–Crippen MR) is 115 cm³/mol. The molecule has 0 bridgehead atoms. The Hall–Kier alpha value is -2.92. The van der Waals surface area contributed by atoms with Crippen LogP contribution in [-0.4, -0.2) is 42.9 Å². The Morgan fingerprint density at radius 2 is 1.94 bits per heavy atom. The zero-order valence-electron chi connectivity index (χ0n) is 17.5. The van der Waals surface area contributed by atoms with E-state index in [0.717, 1.165) is 30.5 Å². The normalized spacial score (nSPS) is 17.4. The second kappa shape index (κ2) is 9.14. The van der Waals surface area contributed by atoms with E-state index in [9.17, 15) is 26.4 Å². The maximum Gasteiger partial charge on any atom is 0.416 e. The van der Waals surface area contributed by atoms with Gasteiger partial charge in [0.2, 0.25) is 15.9 Å². The summed E-state index contributed by atoms with van der Waals surface area (Å²) in [5.41, 5.74) is 0.570. The van der Waals surface area contributed by atoms with E-state index in [1.807, 2.05) is 0 Å². The summed E-state index contributed by atoms with van der Waals surface area (Å²) in [6.07, 6.45) is -1.15. The number of ether oxygens (including phenoxy) is 1. The van der Waals surface area contributed by atoms with Gasteiger partial charge in [-0.25, -0.2) is 18.2 Å². The van der Waals surface area contributed by atoms with Crippen LogP contribution in [0, 0.1) is 0 Å². The van der Waals surface area contributed by atoms with Gasteiger partial charge in [-0.3, -0.25) is 0 Å². The van der Waals surface area contributed by atoms with Gasteiger partial charge in [-0.05, 0) is 42.5 Å². The molecule has 1 N–H and O–H groups in total. The monoisotopic (exact) mass is 481 g/mol. The van der Waals surface area contributed by atoms with Crippen molar-refractivity contribution in [3.8, 4) is 5.88 Å². The van der Waals surface area contributed by atoms with E-state index in [1.54, 1.807) is 24.3 Å². The van der Waals surface area contributed by atoms with Crippen molar-refractivity contribution >= 4 is 21.7 Å². The Bertz CT molecular complexity index is 1180. The van der Waals surface area contributed by atoms with Gasteiger partial charge in [0.05, 0.1) is 17.0 Å². The number of amides is 1. The maximum absolute atomic E-state index is 12.9. The first-order valence-corrected chi connectivity index (χ1v) is 12.0. The number of nitrogens with one attached hydrogen (secondary N) is 1. The van der Waals surface area contributed by atoms with Gasteiger partial charge in [-0.15, -0.1) is 0 Å². The van der Waals surface area contributed by atoms with Crippen molar-refractivity contribution in [2.75, 3.05) is 13.1 Å². The Labute approximate surface area is 189 Å². The van der Waals surface area contributed by atoms with Gasteiger partial charge in [-0.1, -0.05) is 30.3 Å². The van der Waals surface area contributed by atoms with E-state index in [4.69, 9.17) is 4.74 Å². The van der Waals surface area contributed by atoms with E-state index in [0.29, 0.717) is 12.1 Å². The average molecular weight is 481 g/mol. The van der Waals surface area contributed by atoms with Crippen LogP contribution in [0.25, 0.3) is 5.57 Å². The summed E-state index contributed by atoms with van der Waals surface area (Å²) in [5.74, 6) is -0.372. The topological polar surface area (TPSA) is 88.6 Å². The number of rotatable bonds is 6. The minimum Gasteiger partial charge on any atom is -0.391 e. The highest BCUT2D eigenvalue weighted by Crippen LogP contribution is 2.30. The molecule has 1 saturated carbocycles. The molecule has 0 saturated heterocycles. The third-order valence-corrected chi connectivity index (χ3v) is 7.13. The standard InChI is InChI=1S/C22H22F3N3O4S/c23-22(24,25)17-4-1-3-15(13-17)14-33(30,31)28-11-9-16(10-12-28)19-5-2-6-20(27-19)32-21(29)26-18-7-8-18/h1-6,9,13,18H,7-8,10-12,14H2,(H,26,29). The second-order valence-electron chi connectivity index (χ2n) is 7.96. The number of aromatic nitrogens is 1. The molecule has 0 unspecified atom stereocenters. The molecule has 7 nitrogen and oxygen atoms in total. The smallest absolute Gasteiger partial charge is 0.391 e. The number of halogens is 3. The van der Waals surface area contributed by atoms with Gasteiger partial charge in [0.25, 0.3) is 0 Å². The lowest BCUT2D eigenvalue weighted by Gasteiger charge is -2.26. The van der Waals surface area contributed by atoms with Crippen molar-refractivity contribution in [3.63, 3.8) is 0 Å². The number of carbonyl (C=O) groups excluding carboxylic acids is 1. The molecule has 0 atom stereocenters. The van der Waals surface area contributed by atoms with Crippen LogP contribution < -0.4 is 10.1 Å². The molecule has 2 heterocycles. The molecule has 0 spiro atoms. The molecule has 0 radical (unpaired) electrons. The van der Waals surface area contributed by atoms with Gasteiger partial charge in [0.15, 0.2) is 0 Å². The molecular formula is C22H22F3N3O4S. The van der Waals surface area contributed by atoms with Gasteiger partial charge >= 0.3 is 12.3 Å². The van der Waals surface area contributed by atoms with Crippen LogP contribution in [0.15, 0.2) is 48.5 Å².